The van der Waals surface area contributed by atoms with Crippen LogP contribution in [-0.4, -0.2) is 22.1 Å². The van der Waals surface area contributed by atoms with Crippen LogP contribution in [0.5, 0.6) is 0 Å². The lowest BCUT2D eigenvalue weighted by molar-refractivity contribution is -0.137. The van der Waals surface area contributed by atoms with Crippen molar-refractivity contribution in [1.29, 1.82) is 0 Å². The summed E-state index contributed by atoms with van der Waals surface area (Å²) in [4.78, 5) is 12.3. The van der Waals surface area contributed by atoms with Crippen molar-refractivity contribution in [2.75, 3.05) is 5.32 Å². The second-order valence-corrected chi connectivity index (χ2v) is 7.60. The number of benzene rings is 2. The molecule has 1 fully saturated rings. The van der Waals surface area contributed by atoms with Gasteiger partial charge in [0, 0.05) is 35.0 Å². The topological polar surface area (TPSA) is 69.8 Å². The maximum absolute atomic E-state index is 13.0. The Balaban J connectivity index is 1.35. The second kappa shape index (κ2) is 8.41. The van der Waals surface area contributed by atoms with Crippen molar-refractivity contribution in [3.05, 3.63) is 77.2 Å². The van der Waals surface area contributed by atoms with Crippen molar-refractivity contribution in [2.45, 2.75) is 37.4 Å². The normalized spacial score (nSPS) is 18.7. The number of H-pyrrole nitrogens is 1. The van der Waals surface area contributed by atoms with Crippen LogP contribution in [0.4, 0.5) is 29.1 Å². The number of carbonyl (C=O) groups is 1. The molecule has 1 aliphatic rings. The summed E-state index contributed by atoms with van der Waals surface area (Å²) in [7, 11) is 0. The Bertz CT molecular complexity index is 1060. The van der Waals surface area contributed by atoms with Gasteiger partial charge in [0.25, 0.3) is 5.91 Å². The fourth-order valence-corrected chi connectivity index (χ4v) is 3.80. The predicted octanol–water partition coefficient (Wildman–Crippen LogP) is 5.38. The minimum absolute atomic E-state index is 0.0225. The van der Waals surface area contributed by atoms with E-state index in [0.29, 0.717) is 23.5 Å². The first kappa shape index (κ1) is 20.9. The monoisotopic (exact) mass is 432 g/mol. The van der Waals surface area contributed by atoms with Crippen LogP contribution in [0, 0.1) is 5.82 Å². The molecule has 5 nitrogen and oxygen atoms in total. The fourth-order valence-electron chi connectivity index (χ4n) is 3.80. The van der Waals surface area contributed by atoms with E-state index in [2.05, 4.69) is 20.8 Å². The number of amides is 1. The summed E-state index contributed by atoms with van der Waals surface area (Å²) in [5.74, 6) is -0.0790. The summed E-state index contributed by atoms with van der Waals surface area (Å²) in [5, 5.41) is 12.9. The Morgan fingerprint density at radius 2 is 1.84 bits per heavy atom. The molecule has 31 heavy (non-hydrogen) atoms. The molecule has 2 unspecified atom stereocenters. The number of nitrogens with one attached hydrogen (secondary N) is 3. The molecule has 0 bridgehead atoms. The summed E-state index contributed by atoms with van der Waals surface area (Å²) in [6.45, 7) is 0. The highest BCUT2D eigenvalue weighted by atomic mass is 19.4. The van der Waals surface area contributed by atoms with Gasteiger partial charge >= 0.3 is 6.18 Å². The standard InChI is InChI=1S/C22H20F4N4O/c23-16-7-4-13(5-8-16)21(31)28-18-9-6-14(10-18)19-12-20(30-29-19)27-17-3-1-2-15(11-17)22(24,25)26/h1-5,7-8,11-12,14,18H,6,9-10H2,(H,28,31)(H2,27,29,30). The Kier molecular flexibility index (Phi) is 5.67. The SMILES string of the molecule is O=C(NC1CCC(c2cc(Nc3cccc(C(F)(F)F)c3)n[nH]2)C1)c1ccc(F)cc1. The lowest BCUT2D eigenvalue weighted by atomic mass is 10.0. The molecule has 1 aromatic heterocycles. The minimum atomic E-state index is -4.41. The third-order valence-electron chi connectivity index (χ3n) is 5.37. The van der Waals surface area contributed by atoms with Gasteiger partial charge in [0.1, 0.15) is 5.82 Å². The zero-order valence-electron chi connectivity index (χ0n) is 16.3. The maximum Gasteiger partial charge on any atom is 0.416 e. The lowest BCUT2D eigenvalue weighted by Gasteiger charge is -2.13. The summed E-state index contributed by atoms with van der Waals surface area (Å²) in [6, 6.07) is 12.1. The summed E-state index contributed by atoms with van der Waals surface area (Å²) < 4.78 is 51.6. The third kappa shape index (κ3) is 5.04. The zero-order chi connectivity index (χ0) is 22.0. The van der Waals surface area contributed by atoms with Crippen molar-refractivity contribution in [1.82, 2.24) is 15.5 Å². The van der Waals surface area contributed by atoms with Crippen LogP contribution >= 0.6 is 0 Å². The Labute approximate surface area is 175 Å². The highest BCUT2D eigenvalue weighted by Crippen LogP contribution is 2.35. The third-order valence-corrected chi connectivity index (χ3v) is 5.37. The van der Waals surface area contributed by atoms with Crippen molar-refractivity contribution in [3.63, 3.8) is 0 Å². The molecule has 0 aliphatic heterocycles. The Morgan fingerprint density at radius 3 is 2.58 bits per heavy atom. The van der Waals surface area contributed by atoms with Crippen LogP contribution in [0.3, 0.4) is 0 Å². The van der Waals surface area contributed by atoms with Crippen molar-refractivity contribution in [2.24, 2.45) is 0 Å². The van der Waals surface area contributed by atoms with E-state index >= 15 is 0 Å². The van der Waals surface area contributed by atoms with Gasteiger partial charge in [-0.1, -0.05) is 6.07 Å². The number of halogens is 4. The van der Waals surface area contributed by atoms with Gasteiger partial charge in [-0.2, -0.15) is 18.3 Å². The molecule has 1 saturated carbocycles. The molecule has 4 rings (SSSR count). The molecule has 2 atom stereocenters. The van der Waals surface area contributed by atoms with Crippen LogP contribution < -0.4 is 10.6 Å². The van der Waals surface area contributed by atoms with Gasteiger partial charge in [0.05, 0.1) is 5.56 Å². The second-order valence-electron chi connectivity index (χ2n) is 7.60. The quantitative estimate of drug-likeness (QED) is 0.475. The number of carbonyl (C=O) groups excluding carboxylic acids is 1. The molecule has 1 heterocycles. The van der Waals surface area contributed by atoms with E-state index in [-0.39, 0.29) is 17.9 Å². The van der Waals surface area contributed by atoms with Crippen LogP contribution in [0.2, 0.25) is 0 Å². The first-order chi connectivity index (χ1) is 14.8. The van der Waals surface area contributed by atoms with Crippen LogP contribution in [0.25, 0.3) is 0 Å². The van der Waals surface area contributed by atoms with E-state index in [1.807, 2.05) is 0 Å². The van der Waals surface area contributed by atoms with Gasteiger partial charge in [-0.05, 0) is 61.7 Å². The average Bonchev–Trinajstić information content (AvgIpc) is 3.37. The van der Waals surface area contributed by atoms with Gasteiger partial charge in [-0.25, -0.2) is 4.39 Å². The summed E-state index contributed by atoms with van der Waals surface area (Å²) in [6.07, 6.45) is -2.09. The van der Waals surface area contributed by atoms with E-state index in [1.165, 1.54) is 30.3 Å². The molecule has 2 aromatic carbocycles. The van der Waals surface area contributed by atoms with Gasteiger partial charge in [0.15, 0.2) is 5.82 Å². The van der Waals surface area contributed by atoms with E-state index in [9.17, 15) is 22.4 Å². The molecule has 0 radical (unpaired) electrons. The highest BCUT2D eigenvalue weighted by Gasteiger charge is 2.31. The molecule has 0 saturated heterocycles. The molecular formula is C22H20F4N4O. The van der Waals surface area contributed by atoms with E-state index in [1.54, 1.807) is 12.1 Å². The molecule has 9 heteroatoms. The van der Waals surface area contributed by atoms with Crippen LogP contribution in [0.15, 0.2) is 54.6 Å². The Morgan fingerprint density at radius 1 is 1.06 bits per heavy atom. The lowest BCUT2D eigenvalue weighted by Crippen LogP contribution is -2.32. The van der Waals surface area contributed by atoms with E-state index in [4.69, 9.17) is 0 Å². The number of alkyl halides is 3. The van der Waals surface area contributed by atoms with Gasteiger partial charge in [-0.15, -0.1) is 0 Å². The largest absolute Gasteiger partial charge is 0.416 e. The number of anilines is 2. The van der Waals surface area contributed by atoms with Crippen molar-refractivity contribution < 1.29 is 22.4 Å². The van der Waals surface area contributed by atoms with Gasteiger partial charge < -0.3 is 10.6 Å². The van der Waals surface area contributed by atoms with Crippen LogP contribution in [-0.2, 0) is 6.18 Å². The first-order valence-corrected chi connectivity index (χ1v) is 9.84. The number of hydrogen-bond acceptors (Lipinski definition) is 3. The van der Waals surface area contributed by atoms with Gasteiger partial charge in [-0.3, -0.25) is 9.89 Å². The van der Waals surface area contributed by atoms with Crippen molar-refractivity contribution in [3.8, 4) is 0 Å². The van der Waals surface area contributed by atoms with Crippen molar-refractivity contribution >= 4 is 17.4 Å². The van der Waals surface area contributed by atoms with Crippen LogP contribution in [0.1, 0.15) is 46.8 Å². The number of hydrogen-bond donors (Lipinski definition) is 3. The van der Waals surface area contributed by atoms with Gasteiger partial charge in [0.2, 0.25) is 0 Å². The average molecular weight is 432 g/mol. The summed E-state index contributed by atoms with van der Waals surface area (Å²) in [5.41, 5.74) is 0.819. The molecule has 1 aliphatic carbocycles. The number of nitrogens with zero attached hydrogens (tertiary/aromatic N) is 1. The first-order valence-electron chi connectivity index (χ1n) is 9.84. The number of aromatic nitrogens is 2. The highest BCUT2D eigenvalue weighted by molar-refractivity contribution is 5.94. The van der Waals surface area contributed by atoms with E-state index < -0.39 is 17.6 Å². The maximum atomic E-state index is 13.0. The fraction of sp³-hybridized carbons (Fsp3) is 0.273. The minimum Gasteiger partial charge on any atom is -0.349 e. The van der Waals surface area contributed by atoms with E-state index in [0.717, 1.165) is 30.7 Å². The predicted molar refractivity (Wildman–Crippen MR) is 108 cm³/mol. The molecule has 0 spiro atoms. The molecule has 1 amide bonds. The molecule has 3 aromatic rings. The number of aromatic amines is 1. The molecular weight excluding hydrogens is 412 g/mol. The number of rotatable bonds is 5. The summed E-state index contributed by atoms with van der Waals surface area (Å²) >= 11 is 0. The smallest absolute Gasteiger partial charge is 0.349 e. The Hall–Kier alpha value is -3.36. The zero-order valence-corrected chi connectivity index (χ0v) is 16.3. The molecule has 3 N–H and O–H groups in total. The molecule has 162 valence electrons.